The molecule has 2 N–H and O–H groups in total. The Morgan fingerprint density at radius 2 is 1.81 bits per heavy atom. The lowest BCUT2D eigenvalue weighted by atomic mass is 10.1. The van der Waals surface area contributed by atoms with Crippen molar-refractivity contribution in [1.82, 2.24) is 10.6 Å². The Kier molecular flexibility index (Phi) is 8.46. The van der Waals surface area contributed by atoms with Gasteiger partial charge in [0.05, 0.1) is 6.04 Å². The van der Waals surface area contributed by atoms with Gasteiger partial charge < -0.3 is 24.8 Å². The van der Waals surface area contributed by atoms with E-state index in [0.717, 1.165) is 11.3 Å². The van der Waals surface area contributed by atoms with Gasteiger partial charge in [0.25, 0.3) is 5.91 Å². The van der Waals surface area contributed by atoms with Crippen LogP contribution in [-0.4, -0.2) is 49.7 Å². The van der Waals surface area contributed by atoms with Crippen molar-refractivity contribution in [3.05, 3.63) is 54.1 Å². The van der Waals surface area contributed by atoms with Crippen LogP contribution < -0.4 is 24.8 Å². The maximum Gasteiger partial charge on any atom is 0.258 e. The second-order valence-electron chi connectivity index (χ2n) is 7.14. The topological polar surface area (TPSA) is 85.9 Å². The molecule has 1 aliphatic rings. The monoisotopic (exact) mass is 444 g/mol. The number of fused-ring (bicyclic) bond motifs is 1. The van der Waals surface area contributed by atoms with Crippen molar-refractivity contribution in [2.75, 3.05) is 31.8 Å². The van der Waals surface area contributed by atoms with Gasteiger partial charge in [-0.2, -0.15) is 11.8 Å². The average molecular weight is 445 g/mol. The summed E-state index contributed by atoms with van der Waals surface area (Å²) in [6, 6.07) is 13.8. The van der Waals surface area contributed by atoms with Crippen molar-refractivity contribution in [3.63, 3.8) is 0 Å². The minimum absolute atomic E-state index is 0.148. The predicted molar refractivity (Wildman–Crippen MR) is 121 cm³/mol. The molecule has 0 aromatic heterocycles. The molecule has 2 amide bonds. The zero-order valence-corrected chi connectivity index (χ0v) is 18.6. The van der Waals surface area contributed by atoms with Crippen LogP contribution >= 0.6 is 11.8 Å². The molecule has 0 aliphatic carbocycles. The number of rotatable bonds is 10. The third kappa shape index (κ3) is 6.82. The van der Waals surface area contributed by atoms with E-state index in [2.05, 4.69) is 10.6 Å². The Morgan fingerprint density at radius 3 is 2.55 bits per heavy atom. The summed E-state index contributed by atoms with van der Waals surface area (Å²) in [6.45, 7) is 2.79. The molecule has 1 aliphatic heterocycles. The maximum atomic E-state index is 12.9. The highest BCUT2D eigenvalue weighted by Crippen LogP contribution is 2.32. The summed E-state index contributed by atoms with van der Waals surface area (Å²) in [4.78, 5) is 25.3. The third-order valence-corrected chi connectivity index (χ3v) is 5.44. The highest BCUT2D eigenvalue weighted by molar-refractivity contribution is 7.98. The first-order chi connectivity index (χ1) is 15.1. The summed E-state index contributed by atoms with van der Waals surface area (Å²) in [5.41, 5.74) is 0.903. The van der Waals surface area contributed by atoms with E-state index >= 15 is 0 Å². The first kappa shape index (κ1) is 22.8. The van der Waals surface area contributed by atoms with E-state index in [1.807, 2.05) is 49.6 Å². The highest BCUT2D eigenvalue weighted by Gasteiger charge is 2.23. The molecule has 8 heteroatoms. The number of nitrogens with one attached hydrogen (secondary N) is 2. The third-order valence-electron chi connectivity index (χ3n) is 4.80. The number of hydrogen-bond donors (Lipinski definition) is 2. The summed E-state index contributed by atoms with van der Waals surface area (Å²) in [6.07, 6.45) is 2.49. The lowest BCUT2D eigenvalue weighted by Gasteiger charge is -2.23. The zero-order chi connectivity index (χ0) is 22.1. The Morgan fingerprint density at radius 1 is 1.06 bits per heavy atom. The van der Waals surface area contributed by atoms with Crippen LogP contribution in [0.4, 0.5) is 0 Å². The molecule has 3 rings (SSSR count). The normalized spacial score (nSPS) is 14.3. The number of hydrogen-bond acceptors (Lipinski definition) is 6. The number of amides is 2. The van der Waals surface area contributed by atoms with Crippen molar-refractivity contribution >= 4 is 23.6 Å². The Bertz CT molecular complexity index is 878. The van der Waals surface area contributed by atoms with Crippen LogP contribution in [0, 0.1) is 0 Å². The molecule has 2 aromatic carbocycles. The number of carbonyl (C=O) groups excluding carboxylic acids is 2. The summed E-state index contributed by atoms with van der Waals surface area (Å²) in [7, 11) is 0. The second kappa shape index (κ2) is 11.5. The second-order valence-corrected chi connectivity index (χ2v) is 8.12. The molecule has 0 radical (unpaired) electrons. The van der Waals surface area contributed by atoms with E-state index in [-0.39, 0.29) is 24.5 Å². The molecular formula is C23H28N2O5S. The van der Waals surface area contributed by atoms with Crippen molar-refractivity contribution in [2.24, 2.45) is 0 Å². The van der Waals surface area contributed by atoms with E-state index in [9.17, 15) is 9.59 Å². The predicted octanol–water partition coefficient (Wildman–Crippen LogP) is 2.95. The lowest BCUT2D eigenvalue weighted by molar-refractivity contribution is -0.130. The largest absolute Gasteiger partial charge is 0.486 e. The fourth-order valence-electron chi connectivity index (χ4n) is 3.13. The standard InChI is InChI=1S/C23H28N2O5S/c1-16(17-8-9-20-21(14-17)29-12-11-28-20)24-23(27)19(10-13-31-2)25-22(26)15-30-18-6-4-3-5-7-18/h3-9,14,16,19H,10-13,15H2,1-2H3,(H,24,27)(H,25,26). The van der Waals surface area contributed by atoms with Gasteiger partial charge in [-0.1, -0.05) is 24.3 Å². The molecule has 0 saturated carbocycles. The van der Waals surface area contributed by atoms with Crippen molar-refractivity contribution in [2.45, 2.75) is 25.4 Å². The van der Waals surface area contributed by atoms with Gasteiger partial charge >= 0.3 is 0 Å². The van der Waals surface area contributed by atoms with Crippen LogP contribution in [0.25, 0.3) is 0 Å². The number of carbonyl (C=O) groups is 2. The van der Waals surface area contributed by atoms with Crippen LogP contribution in [0.2, 0.25) is 0 Å². The lowest BCUT2D eigenvalue weighted by Crippen LogP contribution is -2.48. The molecule has 1 heterocycles. The molecule has 2 aromatic rings. The zero-order valence-electron chi connectivity index (χ0n) is 17.8. The first-order valence-corrected chi connectivity index (χ1v) is 11.6. The quantitative estimate of drug-likeness (QED) is 0.586. The fourth-order valence-corrected chi connectivity index (χ4v) is 3.60. The van der Waals surface area contributed by atoms with Crippen LogP contribution in [0.3, 0.4) is 0 Å². The molecule has 0 saturated heterocycles. The van der Waals surface area contributed by atoms with Crippen molar-refractivity contribution in [1.29, 1.82) is 0 Å². The van der Waals surface area contributed by atoms with Gasteiger partial charge in [-0.05, 0) is 55.2 Å². The van der Waals surface area contributed by atoms with Gasteiger partial charge in [-0.15, -0.1) is 0 Å². The van der Waals surface area contributed by atoms with Gasteiger partial charge in [-0.3, -0.25) is 9.59 Å². The number of ether oxygens (including phenoxy) is 3. The smallest absolute Gasteiger partial charge is 0.258 e. The molecule has 31 heavy (non-hydrogen) atoms. The van der Waals surface area contributed by atoms with E-state index < -0.39 is 6.04 Å². The Hall–Kier alpha value is -2.87. The molecule has 2 unspecified atom stereocenters. The fraction of sp³-hybridized carbons (Fsp3) is 0.391. The van der Waals surface area contributed by atoms with E-state index in [4.69, 9.17) is 14.2 Å². The summed E-state index contributed by atoms with van der Waals surface area (Å²) in [5.74, 6) is 2.17. The van der Waals surface area contributed by atoms with Gasteiger partial charge in [0.1, 0.15) is 25.0 Å². The molecular weight excluding hydrogens is 416 g/mol. The van der Waals surface area contributed by atoms with Crippen LogP contribution in [0.5, 0.6) is 17.2 Å². The average Bonchev–Trinajstić information content (AvgIpc) is 2.80. The highest BCUT2D eigenvalue weighted by atomic mass is 32.2. The van der Waals surface area contributed by atoms with Crippen LogP contribution in [0.1, 0.15) is 24.9 Å². The van der Waals surface area contributed by atoms with Crippen LogP contribution in [-0.2, 0) is 9.59 Å². The molecule has 2 atom stereocenters. The number of benzene rings is 2. The Labute approximate surface area is 186 Å². The van der Waals surface area contributed by atoms with E-state index in [1.54, 1.807) is 23.9 Å². The first-order valence-electron chi connectivity index (χ1n) is 10.2. The molecule has 166 valence electrons. The minimum Gasteiger partial charge on any atom is -0.486 e. The summed E-state index contributed by atoms with van der Waals surface area (Å²) >= 11 is 1.62. The SMILES string of the molecule is CSCCC(NC(=O)COc1ccccc1)C(=O)NC(C)c1ccc2c(c1)OCCO2. The van der Waals surface area contributed by atoms with Gasteiger partial charge in [0.15, 0.2) is 18.1 Å². The van der Waals surface area contributed by atoms with Crippen LogP contribution in [0.15, 0.2) is 48.5 Å². The number of thioether (sulfide) groups is 1. The maximum absolute atomic E-state index is 12.9. The molecule has 7 nitrogen and oxygen atoms in total. The van der Waals surface area contributed by atoms with Gasteiger partial charge in [0.2, 0.25) is 5.91 Å². The van der Waals surface area contributed by atoms with E-state index in [1.165, 1.54) is 0 Å². The molecule has 0 spiro atoms. The Balaban J connectivity index is 1.57. The van der Waals surface area contributed by atoms with Gasteiger partial charge in [-0.25, -0.2) is 0 Å². The van der Waals surface area contributed by atoms with Gasteiger partial charge in [0, 0.05) is 0 Å². The molecule has 0 bridgehead atoms. The van der Waals surface area contributed by atoms with Crippen molar-refractivity contribution < 1.29 is 23.8 Å². The van der Waals surface area contributed by atoms with E-state index in [0.29, 0.717) is 36.9 Å². The molecule has 0 fully saturated rings. The summed E-state index contributed by atoms with van der Waals surface area (Å²) in [5, 5.41) is 5.79. The minimum atomic E-state index is -0.640. The van der Waals surface area contributed by atoms with Crippen molar-refractivity contribution in [3.8, 4) is 17.2 Å². The number of para-hydroxylation sites is 1. The summed E-state index contributed by atoms with van der Waals surface area (Å²) < 4.78 is 16.7.